The molecule has 1 aliphatic carbocycles. The fraction of sp³-hybridized carbons (Fsp3) is 0.400. The maximum absolute atomic E-state index is 10.5. The van der Waals surface area contributed by atoms with Crippen molar-refractivity contribution in [1.82, 2.24) is 0 Å². The van der Waals surface area contributed by atoms with Crippen LogP contribution in [0.25, 0.3) is 0 Å². The second-order valence-corrected chi connectivity index (χ2v) is 1.84. The van der Waals surface area contributed by atoms with Crippen LogP contribution in [0.1, 0.15) is 6.42 Å². The molecule has 0 heterocycles. The van der Waals surface area contributed by atoms with Crippen LogP contribution >= 0.6 is 0 Å². The zero-order valence-electron chi connectivity index (χ0n) is 4.61. The molecule has 9 heavy (non-hydrogen) atoms. The van der Waals surface area contributed by atoms with Gasteiger partial charge in [-0.25, -0.2) is 0 Å². The average Bonchev–Trinajstić information content (AvgIpc) is 2.13. The number of rotatable bonds is 1. The molecule has 1 unspecified atom stereocenters. The third-order valence-corrected chi connectivity index (χ3v) is 1.22. The van der Waals surface area contributed by atoms with Crippen LogP contribution in [0.5, 0.6) is 0 Å². The smallest absolute Gasteiger partial charge is 0.277 e. The van der Waals surface area contributed by atoms with E-state index in [9.17, 15) is 14.9 Å². The van der Waals surface area contributed by atoms with Crippen LogP contribution in [0.2, 0.25) is 0 Å². The quantitative estimate of drug-likeness (QED) is 0.372. The van der Waals surface area contributed by atoms with E-state index in [2.05, 4.69) is 0 Å². The van der Waals surface area contributed by atoms with Crippen LogP contribution in [0, 0.1) is 10.1 Å². The maximum atomic E-state index is 10.5. The Hall–Kier alpha value is -1.19. The number of carbonyl (C=O) groups is 1. The number of nitro groups is 1. The Kier molecular flexibility index (Phi) is 1.30. The summed E-state index contributed by atoms with van der Waals surface area (Å²) in [6, 6.07) is -0.995. The van der Waals surface area contributed by atoms with E-state index in [4.69, 9.17) is 0 Å². The van der Waals surface area contributed by atoms with Gasteiger partial charge in [-0.1, -0.05) is 6.08 Å². The van der Waals surface area contributed by atoms with Gasteiger partial charge in [-0.15, -0.1) is 0 Å². The lowest BCUT2D eigenvalue weighted by atomic mass is 10.2. The van der Waals surface area contributed by atoms with Gasteiger partial charge in [-0.05, 0) is 6.08 Å². The third-order valence-electron chi connectivity index (χ3n) is 1.22. The first kappa shape index (κ1) is 5.94. The number of hydrogen-bond acceptors (Lipinski definition) is 3. The van der Waals surface area contributed by atoms with Crippen LogP contribution in [-0.2, 0) is 4.79 Å². The van der Waals surface area contributed by atoms with Crippen molar-refractivity contribution in [2.75, 3.05) is 0 Å². The van der Waals surface area contributed by atoms with Crippen molar-refractivity contribution in [3.8, 4) is 0 Å². The van der Waals surface area contributed by atoms with Gasteiger partial charge in [0, 0.05) is 11.3 Å². The standard InChI is InChI=1S/C5H5NO3/c7-5-3-1-2-4(5)6(8)9/h1,3-4H,2H2. The van der Waals surface area contributed by atoms with Crippen molar-refractivity contribution in [3.05, 3.63) is 22.3 Å². The Morgan fingerprint density at radius 2 is 2.44 bits per heavy atom. The summed E-state index contributed by atoms with van der Waals surface area (Å²) in [4.78, 5) is 19.9. The molecule has 0 aromatic heterocycles. The van der Waals surface area contributed by atoms with Gasteiger partial charge in [-0.2, -0.15) is 0 Å². The molecule has 4 heteroatoms. The van der Waals surface area contributed by atoms with Crippen LogP contribution in [0.4, 0.5) is 0 Å². The highest BCUT2D eigenvalue weighted by Gasteiger charge is 2.29. The molecule has 0 saturated heterocycles. The summed E-state index contributed by atoms with van der Waals surface area (Å²) in [5.74, 6) is -0.389. The molecule has 0 radical (unpaired) electrons. The zero-order chi connectivity index (χ0) is 6.85. The van der Waals surface area contributed by atoms with Crippen molar-refractivity contribution in [2.45, 2.75) is 12.5 Å². The molecule has 0 saturated carbocycles. The summed E-state index contributed by atoms with van der Waals surface area (Å²) in [7, 11) is 0. The Bertz CT molecular complexity index is 185. The fourth-order valence-electron chi connectivity index (χ4n) is 0.730. The first-order valence-electron chi connectivity index (χ1n) is 2.55. The molecule has 0 aromatic carbocycles. The van der Waals surface area contributed by atoms with E-state index in [1.807, 2.05) is 0 Å². The van der Waals surface area contributed by atoms with Crippen LogP contribution in [0.15, 0.2) is 12.2 Å². The van der Waals surface area contributed by atoms with Crippen molar-refractivity contribution in [1.29, 1.82) is 0 Å². The Morgan fingerprint density at radius 3 is 2.67 bits per heavy atom. The molecule has 0 N–H and O–H groups in total. The van der Waals surface area contributed by atoms with Gasteiger partial charge in [0.2, 0.25) is 5.78 Å². The van der Waals surface area contributed by atoms with E-state index in [1.54, 1.807) is 0 Å². The second kappa shape index (κ2) is 1.97. The number of nitrogens with zero attached hydrogens (tertiary/aromatic N) is 1. The number of hydrogen-bond donors (Lipinski definition) is 0. The zero-order valence-corrected chi connectivity index (χ0v) is 4.61. The predicted molar refractivity (Wildman–Crippen MR) is 29.5 cm³/mol. The van der Waals surface area contributed by atoms with Gasteiger partial charge in [0.1, 0.15) is 0 Å². The number of ketones is 1. The lowest BCUT2D eigenvalue weighted by Crippen LogP contribution is -2.23. The summed E-state index contributed by atoms with van der Waals surface area (Å²) in [5.41, 5.74) is 0. The molecule has 0 spiro atoms. The van der Waals surface area contributed by atoms with Gasteiger partial charge in [0.15, 0.2) is 0 Å². The Morgan fingerprint density at radius 1 is 1.78 bits per heavy atom. The van der Waals surface area contributed by atoms with Crippen LogP contribution in [-0.4, -0.2) is 16.7 Å². The molecule has 0 fully saturated rings. The maximum Gasteiger partial charge on any atom is 0.277 e. The molecule has 0 bridgehead atoms. The highest BCUT2D eigenvalue weighted by molar-refractivity contribution is 5.95. The minimum Gasteiger partial charge on any atom is -0.287 e. The second-order valence-electron chi connectivity index (χ2n) is 1.84. The molecule has 1 aliphatic rings. The van der Waals surface area contributed by atoms with Crippen molar-refractivity contribution in [3.63, 3.8) is 0 Å². The lowest BCUT2D eigenvalue weighted by molar-refractivity contribution is -0.505. The fourth-order valence-corrected chi connectivity index (χ4v) is 0.730. The minimum atomic E-state index is -0.995. The first-order valence-corrected chi connectivity index (χ1v) is 2.55. The van der Waals surface area contributed by atoms with Crippen LogP contribution < -0.4 is 0 Å². The largest absolute Gasteiger partial charge is 0.287 e. The highest BCUT2D eigenvalue weighted by atomic mass is 16.6. The van der Waals surface area contributed by atoms with E-state index in [1.165, 1.54) is 12.2 Å². The van der Waals surface area contributed by atoms with Crippen molar-refractivity contribution < 1.29 is 9.72 Å². The van der Waals surface area contributed by atoms with E-state index < -0.39 is 11.0 Å². The molecule has 1 rings (SSSR count). The SMILES string of the molecule is O=C1C=CCC1[N+](=O)[O-]. The van der Waals surface area contributed by atoms with Gasteiger partial charge in [0.25, 0.3) is 6.04 Å². The average molecular weight is 127 g/mol. The van der Waals surface area contributed by atoms with Gasteiger partial charge < -0.3 is 0 Å². The van der Waals surface area contributed by atoms with E-state index in [-0.39, 0.29) is 12.2 Å². The normalized spacial score (nSPS) is 24.9. The molecular weight excluding hydrogens is 122 g/mol. The van der Waals surface area contributed by atoms with E-state index in [0.29, 0.717) is 0 Å². The molecule has 1 atom stereocenters. The van der Waals surface area contributed by atoms with E-state index in [0.717, 1.165) is 0 Å². The minimum absolute atomic E-state index is 0.256. The molecule has 0 aliphatic heterocycles. The molecule has 4 nitrogen and oxygen atoms in total. The van der Waals surface area contributed by atoms with Gasteiger partial charge in [0.05, 0.1) is 0 Å². The monoisotopic (exact) mass is 127 g/mol. The summed E-state index contributed by atoms with van der Waals surface area (Å²) >= 11 is 0. The van der Waals surface area contributed by atoms with Gasteiger partial charge in [-0.3, -0.25) is 14.9 Å². The van der Waals surface area contributed by atoms with Crippen molar-refractivity contribution in [2.24, 2.45) is 0 Å². The molecule has 48 valence electrons. The van der Waals surface area contributed by atoms with Crippen LogP contribution in [0.3, 0.4) is 0 Å². The molecular formula is C5H5NO3. The number of carbonyl (C=O) groups excluding carboxylic acids is 1. The first-order chi connectivity index (χ1) is 4.22. The van der Waals surface area contributed by atoms with Crippen molar-refractivity contribution >= 4 is 5.78 Å². The molecule has 0 amide bonds. The third kappa shape index (κ3) is 0.960. The topological polar surface area (TPSA) is 60.2 Å². The molecule has 0 aromatic rings. The summed E-state index contributed by atoms with van der Waals surface area (Å²) in [6.45, 7) is 0. The summed E-state index contributed by atoms with van der Waals surface area (Å²) < 4.78 is 0. The summed E-state index contributed by atoms with van der Waals surface area (Å²) in [6.07, 6.45) is 3.04. The van der Waals surface area contributed by atoms with Gasteiger partial charge >= 0.3 is 0 Å². The lowest BCUT2D eigenvalue weighted by Gasteiger charge is -1.94. The predicted octanol–water partition coefficient (Wildman–Crippen LogP) is 0.161. The Labute approximate surface area is 51.3 Å². The Balaban J connectivity index is 2.66. The summed E-state index contributed by atoms with van der Waals surface area (Å²) in [5, 5.41) is 9.96. The van der Waals surface area contributed by atoms with E-state index >= 15 is 0 Å². The highest BCUT2D eigenvalue weighted by Crippen LogP contribution is 2.07.